The van der Waals surface area contributed by atoms with Gasteiger partial charge in [-0.1, -0.05) is 22.9 Å². The minimum atomic E-state index is -0.333. The van der Waals surface area contributed by atoms with E-state index in [1.165, 1.54) is 0 Å². The van der Waals surface area contributed by atoms with Crippen LogP contribution in [0.2, 0.25) is 0 Å². The Labute approximate surface area is 203 Å². The van der Waals surface area contributed by atoms with Gasteiger partial charge in [-0.05, 0) is 61.7 Å². The van der Waals surface area contributed by atoms with Gasteiger partial charge in [-0.25, -0.2) is 0 Å². The van der Waals surface area contributed by atoms with Crippen LogP contribution in [0.1, 0.15) is 44.9 Å². The zero-order chi connectivity index (χ0) is 24.8. The number of rotatable bonds is 9. The maximum absolute atomic E-state index is 13.4. The molecule has 0 radical (unpaired) electrons. The highest BCUT2D eigenvalue weighted by Crippen LogP contribution is 2.29. The van der Waals surface area contributed by atoms with Crippen molar-refractivity contribution in [3.05, 3.63) is 94.8 Å². The van der Waals surface area contributed by atoms with E-state index in [0.717, 1.165) is 27.8 Å². The quantitative estimate of drug-likeness (QED) is 0.382. The fraction of sp³-hybridized carbons (Fsp3) is 0.259. The molecule has 1 aromatic carbocycles. The molecule has 0 saturated carbocycles. The molecule has 0 spiro atoms. The van der Waals surface area contributed by atoms with Crippen molar-refractivity contribution in [2.75, 3.05) is 6.54 Å². The first kappa shape index (κ1) is 23.9. The molecule has 0 saturated heterocycles. The van der Waals surface area contributed by atoms with E-state index >= 15 is 0 Å². The van der Waals surface area contributed by atoms with Crippen molar-refractivity contribution < 1.29 is 18.5 Å². The third-order valence-electron chi connectivity index (χ3n) is 5.71. The number of furan rings is 1. The standard InChI is InChI=1S/C27H28N4O4/c1-18-13-19(2)26(20(3)14-18)24-15-23(30-35-24)27(33)31(17-22-5-4-12-34-22)11-8-25(32)29-16-21-6-9-28-10-7-21/h4-7,9-10,12-15H,8,11,16-17H2,1-3H3,(H,29,32). The first-order chi connectivity index (χ1) is 16.9. The fourth-order valence-corrected chi connectivity index (χ4v) is 4.09. The molecule has 35 heavy (non-hydrogen) atoms. The summed E-state index contributed by atoms with van der Waals surface area (Å²) >= 11 is 0. The minimum Gasteiger partial charge on any atom is -0.467 e. The summed E-state index contributed by atoms with van der Waals surface area (Å²) in [5.41, 5.74) is 5.32. The number of hydrogen-bond donors (Lipinski definition) is 1. The Bertz CT molecular complexity index is 1270. The summed E-state index contributed by atoms with van der Waals surface area (Å²) < 4.78 is 11.0. The normalized spacial score (nSPS) is 10.8. The average molecular weight is 473 g/mol. The highest BCUT2D eigenvalue weighted by molar-refractivity contribution is 5.93. The Morgan fingerprint density at radius 2 is 1.77 bits per heavy atom. The van der Waals surface area contributed by atoms with Gasteiger partial charge >= 0.3 is 0 Å². The number of carbonyl (C=O) groups excluding carboxylic acids is 2. The second kappa shape index (κ2) is 10.8. The lowest BCUT2D eigenvalue weighted by Gasteiger charge is -2.20. The summed E-state index contributed by atoms with van der Waals surface area (Å²) in [7, 11) is 0. The van der Waals surface area contributed by atoms with Gasteiger partial charge in [0.1, 0.15) is 5.76 Å². The number of pyridine rings is 1. The molecule has 0 aliphatic rings. The molecule has 0 bridgehead atoms. The van der Waals surface area contributed by atoms with Crippen LogP contribution in [0.4, 0.5) is 0 Å². The summed E-state index contributed by atoms with van der Waals surface area (Å²) in [6.45, 7) is 6.87. The molecular formula is C27H28N4O4. The molecule has 0 unspecified atom stereocenters. The number of amides is 2. The SMILES string of the molecule is Cc1cc(C)c(-c2cc(C(=O)N(CCC(=O)NCc3ccncc3)Cc3ccco3)no2)c(C)c1. The van der Waals surface area contributed by atoms with Crippen molar-refractivity contribution in [3.8, 4) is 11.3 Å². The Hall–Kier alpha value is -4.20. The van der Waals surface area contributed by atoms with Gasteiger partial charge in [0, 0.05) is 43.5 Å². The number of nitrogens with zero attached hydrogens (tertiary/aromatic N) is 3. The second-order valence-electron chi connectivity index (χ2n) is 8.54. The topological polar surface area (TPSA) is 101 Å². The maximum Gasteiger partial charge on any atom is 0.276 e. The lowest BCUT2D eigenvalue weighted by Crippen LogP contribution is -2.35. The summed E-state index contributed by atoms with van der Waals surface area (Å²) in [4.78, 5) is 31.3. The van der Waals surface area contributed by atoms with Crippen LogP contribution in [0.5, 0.6) is 0 Å². The molecule has 0 fully saturated rings. The van der Waals surface area contributed by atoms with Crippen molar-refractivity contribution in [1.82, 2.24) is 20.4 Å². The molecule has 8 heteroatoms. The van der Waals surface area contributed by atoms with Crippen LogP contribution >= 0.6 is 0 Å². The number of aromatic nitrogens is 2. The van der Waals surface area contributed by atoms with Crippen LogP contribution in [-0.2, 0) is 17.9 Å². The van der Waals surface area contributed by atoms with Gasteiger partial charge in [-0.2, -0.15) is 0 Å². The zero-order valence-electron chi connectivity index (χ0n) is 20.1. The molecular weight excluding hydrogens is 444 g/mol. The van der Waals surface area contributed by atoms with E-state index in [0.29, 0.717) is 18.1 Å². The second-order valence-corrected chi connectivity index (χ2v) is 8.54. The maximum atomic E-state index is 13.4. The van der Waals surface area contributed by atoms with E-state index in [9.17, 15) is 9.59 Å². The fourth-order valence-electron chi connectivity index (χ4n) is 4.09. The Kier molecular flexibility index (Phi) is 7.40. The largest absolute Gasteiger partial charge is 0.467 e. The number of aryl methyl sites for hydroxylation is 3. The highest BCUT2D eigenvalue weighted by Gasteiger charge is 2.23. The summed E-state index contributed by atoms with van der Waals surface area (Å²) in [6, 6.07) is 13.0. The minimum absolute atomic E-state index is 0.137. The molecule has 8 nitrogen and oxygen atoms in total. The van der Waals surface area contributed by atoms with Crippen LogP contribution in [0.25, 0.3) is 11.3 Å². The average Bonchev–Trinajstić information content (AvgIpc) is 3.52. The van der Waals surface area contributed by atoms with Crippen LogP contribution in [-0.4, -0.2) is 33.4 Å². The van der Waals surface area contributed by atoms with Crippen molar-refractivity contribution >= 4 is 11.8 Å². The highest BCUT2D eigenvalue weighted by atomic mass is 16.5. The molecule has 0 atom stereocenters. The molecule has 0 aliphatic carbocycles. The van der Waals surface area contributed by atoms with Crippen LogP contribution in [0, 0.1) is 20.8 Å². The van der Waals surface area contributed by atoms with Crippen molar-refractivity contribution in [3.63, 3.8) is 0 Å². The lowest BCUT2D eigenvalue weighted by molar-refractivity contribution is -0.121. The van der Waals surface area contributed by atoms with Gasteiger partial charge in [0.2, 0.25) is 5.91 Å². The third kappa shape index (κ3) is 6.03. The van der Waals surface area contributed by atoms with Gasteiger partial charge in [0.25, 0.3) is 5.91 Å². The smallest absolute Gasteiger partial charge is 0.276 e. The predicted molar refractivity (Wildman–Crippen MR) is 130 cm³/mol. The molecule has 3 heterocycles. The Morgan fingerprint density at radius 3 is 2.46 bits per heavy atom. The van der Waals surface area contributed by atoms with E-state index in [4.69, 9.17) is 8.94 Å². The van der Waals surface area contributed by atoms with Gasteiger partial charge in [0.05, 0.1) is 12.8 Å². The number of benzene rings is 1. The number of hydrogen-bond acceptors (Lipinski definition) is 6. The third-order valence-corrected chi connectivity index (χ3v) is 5.71. The molecule has 4 rings (SSSR count). The zero-order valence-corrected chi connectivity index (χ0v) is 20.1. The van der Waals surface area contributed by atoms with Gasteiger partial charge < -0.3 is 19.2 Å². The molecule has 180 valence electrons. The van der Waals surface area contributed by atoms with E-state index in [1.807, 2.05) is 32.9 Å². The predicted octanol–water partition coefficient (Wildman–Crippen LogP) is 4.60. The molecule has 3 aromatic heterocycles. The van der Waals surface area contributed by atoms with E-state index in [1.54, 1.807) is 41.8 Å². The molecule has 2 amide bonds. The van der Waals surface area contributed by atoms with Crippen LogP contribution in [0.3, 0.4) is 0 Å². The summed E-state index contributed by atoms with van der Waals surface area (Å²) in [5.74, 6) is 0.660. The Morgan fingerprint density at radius 1 is 1.03 bits per heavy atom. The Balaban J connectivity index is 1.47. The van der Waals surface area contributed by atoms with Crippen LogP contribution in [0.15, 0.2) is 70.1 Å². The van der Waals surface area contributed by atoms with Crippen LogP contribution < -0.4 is 5.32 Å². The molecule has 0 aliphatic heterocycles. The van der Waals surface area contributed by atoms with Crippen molar-refractivity contribution in [2.24, 2.45) is 0 Å². The molecule has 4 aromatic rings. The monoisotopic (exact) mass is 472 g/mol. The van der Waals surface area contributed by atoms with Gasteiger partial charge in [0.15, 0.2) is 11.5 Å². The van der Waals surface area contributed by atoms with Gasteiger partial charge in [-0.3, -0.25) is 14.6 Å². The first-order valence-electron chi connectivity index (χ1n) is 11.4. The summed E-state index contributed by atoms with van der Waals surface area (Å²) in [5, 5.41) is 6.92. The lowest BCUT2D eigenvalue weighted by atomic mass is 9.98. The molecule has 1 N–H and O–H groups in total. The van der Waals surface area contributed by atoms with Gasteiger partial charge in [-0.15, -0.1) is 0 Å². The van der Waals surface area contributed by atoms with E-state index in [-0.39, 0.29) is 37.0 Å². The van der Waals surface area contributed by atoms with E-state index < -0.39 is 0 Å². The first-order valence-corrected chi connectivity index (χ1v) is 11.4. The number of nitrogens with one attached hydrogen (secondary N) is 1. The van der Waals surface area contributed by atoms with Crippen molar-refractivity contribution in [2.45, 2.75) is 40.3 Å². The van der Waals surface area contributed by atoms with Crippen molar-refractivity contribution in [1.29, 1.82) is 0 Å². The number of carbonyl (C=O) groups is 2. The summed E-state index contributed by atoms with van der Waals surface area (Å²) in [6.07, 6.45) is 5.04. The van der Waals surface area contributed by atoms with E-state index in [2.05, 4.69) is 27.6 Å².